The second-order valence-electron chi connectivity index (χ2n) is 8.16. The van der Waals surface area contributed by atoms with Crippen LogP contribution in [0, 0.1) is 22.7 Å². The van der Waals surface area contributed by atoms with E-state index in [1.54, 1.807) is 0 Å². The molecule has 3 heteroatoms. The molecule has 0 amide bonds. The molecule has 0 heterocycles. The zero-order chi connectivity index (χ0) is 17.3. The fraction of sp³-hybridized carbons (Fsp3) is 0.750. The van der Waals surface area contributed by atoms with Gasteiger partial charge in [-0.05, 0) is 69.6 Å². The topological polar surface area (TPSA) is 57.5 Å². The van der Waals surface area contributed by atoms with Gasteiger partial charge in [0.05, 0.1) is 12.0 Å². The highest BCUT2D eigenvalue weighted by Gasteiger charge is 2.57. The number of carboxylic acid groups (broad SMARTS) is 1. The van der Waals surface area contributed by atoms with Gasteiger partial charge in [-0.3, -0.25) is 4.79 Å². The first kappa shape index (κ1) is 18.3. The minimum absolute atomic E-state index is 0.0419. The molecule has 0 radical (unpaired) electrons. The molecule has 2 aliphatic carbocycles. The molecule has 2 fully saturated rings. The number of aliphatic hydroxyl groups is 1. The lowest BCUT2D eigenvalue weighted by Gasteiger charge is -2.57. The summed E-state index contributed by atoms with van der Waals surface area (Å²) >= 11 is 0. The molecule has 0 aliphatic heterocycles. The van der Waals surface area contributed by atoms with Crippen molar-refractivity contribution >= 4 is 5.97 Å². The van der Waals surface area contributed by atoms with Crippen LogP contribution in [0.25, 0.3) is 0 Å². The molecule has 2 saturated carbocycles. The van der Waals surface area contributed by atoms with Crippen molar-refractivity contribution in [1.82, 2.24) is 0 Å². The molecule has 130 valence electrons. The summed E-state index contributed by atoms with van der Waals surface area (Å²) in [5.41, 5.74) is 1.96. The molecular formula is C20H32O3. The summed E-state index contributed by atoms with van der Waals surface area (Å²) in [6, 6.07) is 0. The van der Waals surface area contributed by atoms with E-state index in [9.17, 15) is 9.90 Å². The summed E-state index contributed by atoms with van der Waals surface area (Å²) in [5.74, 6) is -0.00260. The summed E-state index contributed by atoms with van der Waals surface area (Å²) in [6.45, 7) is 10.7. The molecule has 0 aromatic rings. The summed E-state index contributed by atoms with van der Waals surface area (Å²) in [6.07, 6.45) is 8.65. The summed E-state index contributed by atoms with van der Waals surface area (Å²) < 4.78 is 0. The van der Waals surface area contributed by atoms with E-state index >= 15 is 0 Å². The third-order valence-corrected chi connectivity index (χ3v) is 6.78. The van der Waals surface area contributed by atoms with Crippen LogP contribution in [0.5, 0.6) is 0 Å². The van der Waals surface area contributed by atoms with Crippen LogP contribution in [0.2, 0.25) is 0 Å². The molecule has 2 N–H and O–H groups in total. The first-order chi connectivity index (χ1) is 10.8. The number of aliphatic hydroxyl groups excluding tert-OH is 1. The Labute approximate surface area is 140 Å². The number of hydrogen-bond acceptors (Lipinski definition) is 2. The van der Waals surface area contributed by atoms with Gasteiger partial charge in [-0.15, -0.1) is 0 Å². The SMILES string of the molecule is C=C1CC[C@H]2[C@](C)(CCC[C@]2(C)C(=O)O)[C@H]1CC/C(C)=C/CO. The number of hydrogen-bond donors (Lipinski definition) is 2. The van der Waals surface area contributed by atoms with Gasteiger partial charge in [0.15, 0.2) is 0 Å². The zero-order valence-electron chi connectivity index (χ0n) is 14.9. The standard InChI is InChI=1S/C20H32O3/c1-14(10-13-21)6-8-16-15(2)7-9-17-19(16,3)11-5-12-20(17,4)18(22)23/h10,16-17,21H,2,5-9,11-13H2,1,3-4H3,(H,22,23)/b14-10+/t16-,17-,19+,20-/m0/s1. The molecule has 0 bridgehead atoms. The molecular weight excluding hydrogens is 288 g/mol. The molecule has 3 nitrogen and oxygen atoms in total. The molecule has 0 saturated heterocycles. The third kappa shape index (κ3) is 3.26. The molecule has 23 heavy (non-hydrogen) atoms. The van der Waals surface area contributed by atoms with E-state index in [1.165, 1.54) is 11.1 Å². The van der Waals surface area contributed by atoms with E-state index in [1.807, 2.05) is 13.0 Å². The van der Waals surface area contributed by atoms with Gasteiger partial charge in [0.2, 0.25) is 0 Å². The fourth-order valence-electron chi connectivity index (χ4n) is 5.37. The second kappa shape index (κ2) is 6.80. The molecule has 4 atom stereocenters. The highest BCUT2D eigenvalue weighted by Crippen LogP contribution is 2.62. The molecule has 0 spiro atoms. The summed E-state index contributed by atoms with van der Waals surface area (Å²) in [7, 11) is 0. The molecule has 0 aromatic carbocycles. The Bertz CT molecular complexity index is 507. The Morgan fingerprint density at radius 3 is 2.70 bits per heavy atom. The minimum atomic E-state index is -0.629. The Balaban J connectivity index is 2.26. The van der Waals surface area contributed by atoms with Crippen LogP contribution < -0.4 is 0 Å². The van der Waals surface area contributed by atoms with Crippen molar-refractivity contribution in [2.75, 3.05) is 6.61 Å². The first-order valence-electron chi connectivity index (χ1n) is 8.93. The van der Waals surface area contributed by atoms with E-state index < -0.39 is 11.4 Å². The predicted molar refractivity (Wildman–Crippen MR) is 93.1 cm³/mol. The van der Waals surface area contributed by atoms with Gasteiger partial charge >= 0.3 is 5.97 Å². The molecule has 0 unspecified atom stereocenters. The van der Waals surface area contributed by atoms with Crippen molar-refractivity contribution in [2.45, 2.75) is 65.7 Å². The van der Waals surface area contributed by atoms with Gasteiger partial charge in [0, 0.05) is 0 Å². The molecule has 2 rings (SSSR count). The van der Waals surface area contributed by atoms with Crippen LogP contribution in [-0.2, 0) is 4.79 Å². The van der Waals surface area contributed by atoms with Gasteiger partial charge in [0.1, 0.15) is 0 Å². The summed E-state index contributed by atoms with van der Waals surface area (Å²) in [5, 5.41) is 18.9. The van der Waals surface area contributed by atoms with Crippen molar-refractivity contribution in [3.05, 3.63) is 23.8 Å². The maximum atomic E-state index is 12.0. The van der Waals surface area contributed by atoms with Gasteiger partial charge in [-0.1, -0.05) is 37.1 Å². The van der Waals surface area contributed by atoms with Gasteiger partial charge in [-0.2, -0.15) is 0 Å². The smallest absolute Gasteiger partial charge is 0.309 e. The van der Waals surface area contributed by atoms with Crippen LogP contribution in [0.3, 0.4) is 0 Å². The maximum Gasteiger partial charge on any atom is 0.309 e. The zero-order valence-corrected chi connectivity index (χ0v) is 14.9. The van der Waals surface area contributed by atoms with Crippen molar-refractivity contribution in [3.63, 3.8) is 0 Å². The Morgan fingerprint density at radius 2 is 2.09 bits per heavy atom. The van der Waals surface area contributed by atoms with Crippen molar-refractivity contribution in [3.8, 4) is 0 Å². The van der Waals surface area contributed by atoms with Crippen LogP contribution in [-0.4, -0.2) is 22.8 Å². The summed E-state index contributed by atoms with van der Waals surface area (Å²) in [4.78, 5) is 12.0. The average molecular weight is 320 g/mol. The molecule has 2 aliphatic rings. The lowest BCUT2D eigenvalue weighted by atomic mass is 9.46. The van der Waals surface area contributed by atoms with E-state index in [4.69, 9.17) is 5.11 Å². The number of fused-ring (bicyclic) bond motifs is 1. The minimum Gasteiger partial charge on any atom is -0.481 e. The highest BCUT2D eigenvalue weighted by atomic mass is 16.4. The highest BCUT2D eigenvalue weighted by molar-refractivity contribution is 5.75. The van der Waals surface area contributed by atoms with Crippen molar-refractivity contribution < 1.29 is 15.0 Å². The monoisotopic (exact) mass is 320 g/mol. The van der Waals surface area contributed by atoms with Gasteiger partial charge < -0.3 is 10.2 Å². The van der Waals surface area contributed by atoms with Gasteiger partial charge in [0.25, 0.3) is 0 Å². The van der Waals surface area contributed by atoms with Crippen LogP contribution in [0.15, 0.2) is 23.8 Å². The average Bonchev–Trinajstić information content (AvgIpc) is 2.46. The largest absolute Gasteiger partial charge is 0.481 e. The number of carbonyl (C=O) groups is 1. The van der Waals surface area contributed by atoms with Crippen LogP contribution in [0.4, 0.5) is 0 Å². The third-order valence-electron chi connectivity index (χ3n) is 6.78. The number of allylic oxidation sites excluding steroid dienone is 2. The van der Waals surface area contributed by atoms with E-state index in [0.29, 0.717) is 5.92 Å². The van der Waals surface area contributed by atoms with Crippen LogP contribution >= 0.6 is 0 Å². The Morgan fingerprint density at radius 1 is 1.39 bits per heavy atom. The lowest BCUT2D eigenvalue weighted by molar-refractivity contribution is -0.164. The normalized spacial score (nSPS) is 38.3. The Kier molecular flexibility index (Phi) is 5.40. The quantitative estimate of drug-likeness (QED) is 0.730. The number of aliphatic carboxylic acids is 1. The lowest BCUT2D eigenvalue weighted by Crippen LogP contribution is -2.53. The van der Waals surface area contributed by atoms with E-state index in [-0.39, 0.29) is 17.9 Å². The molecule has 0 aromatic heterocycles. The number of carboxylic acids is 1. The first-order valence-corrected chi connectivity index (χ1v) is 8.93. The van der Waals surface area contributed by atoms with E-state index in [2.05, 4.69) is 20.4 Å². The maximum absolute atomic E-state index is 12.0. The van der Waals surface area contributed by atoms with Crippen molar-refractivity contribution in [1.29, 1.82) is 0 Å². The second-order valence-corrected chi connectivity index (χ2v) is 8.16. The van der Waals surface area contributed by atoms with Crippen molar-refractivity contribution in [2.24, 2.45) is 22.7 Å². The van der Waals surface area contributed by atoms with Crippen LogP contribution in [0.1, 0.15) is 65.7 Å². The number of rotatable bonds is 5. The fourth-order valence-corrected chi connectivity index (χ4v) is 5.37. The van der Waals surface area contributed by atoms with Gasteiger partial charge in [-0.25, -0.2) is 0 Å². The Hall–Kier alpha value is -1.09. The van der Waals surface area contributed by atoms with E-state index in [0.717, 1.165) is 44.9 Å². The predicted octanol–water partition coefficient (Wildman–Crippen LogP) is 4.57.